The third kappa shape index (κ3) is 1.54. The molecular weight excluding hydrogens is 166 g/mol. The zero-order valence-electron chi connectivity index (χ0n) is 8.13. The maximum absolute atomic E-state index is 9.69. The van der Waals surface area contributed by atoms with Crippen LogP contribution < -0.4 is 5.73 Å². The minimum Gasteiger partial charge on any atom is -0.507 e. The van der Waals surface area contributed by atoms with Crippen LogP contribution in [0, 0.1) is 6.92 Å². The molecule has 0 heterocycles. The Morgan fingerprint density at radius 1 is 1.31 bits per heavy atom. The highest BCUT2D eigenvalue weighted by atomic mass is 16.3. The molecule has 0 saturated carbocycles. The number of rotatable bonds is 1. The van der Waals surface area contributed by atoms with Crippen LogP contribution in [0.4, 0.5) is 5.69 Å². The van der Waals surface area contributed by atoms with E-state index in [1.807, 2.05) is 13.8 Å². The van der Waals surface area contributed by atoms with E-state index in [0.29, 0.717) is 16.8 Å². The first-order chi connectivity index (χ1) is 5.95. The lowest BCUT2D eigenvalue weighted by molar-refractivity contribution is 0.437. The predicted molar refractivity (Wildman–Crippen MR) is 53.0 cm³/mol. The molecule has 1 aromatic rings. The van der Waals surface area contributed by atoms with Crippen LogP contribution in [0.3, 0.4) is 0 Å². The number of hydrogen-bond acceptors (Lipinski definition) is 3. The molecule has 0 aliphatic carbocycles. The van der Waals surface area contributed by atoms with Crippen LogP contribution in [0.1, 0.15) is 30.9 Å². The van der Waals surface area contributed by atoms with Crippen molar-refractivity contribution in [1.82, 2.24) is 0 Å². The Labute approximate surface area is 77.8 Å². The Morgan fingerprint density at radius 3 is 2.31 bits per heavy atom. The number of benzene rings is 1. The zero-order chi connectivity index (χ0) is 10.2. The second-order valence-corrected chi connectivity index (χ2v) is 3.53. The average molecular weight is 181 g/mol. The highest BCUT2D eigenvalue weighted by Crippen LogP contribution is 2.38. The molecule has 0 bridgehead atoms. The molecule has 0 atom stereocenters. The molecule has 0 unspecified atom stereocenters. The van der Waals surface area contributed by atoms with Crippen molar-refractivity contribution in [1.29, 1.82) is 0 Å². The fourth-order valence-corrected chi connectivity index (χ4v) is 1.40. The van der Waals surface area contributed by atoms with Gasteiger partial charge >= 0.3 is 0 Å². The summed E-state index contributed by atoms with van der Waals surface area (Å²) in [5.41, 5.74) is 7.30. The summed E-state index contributed by atoms with van der Waals surface area (Å²) in [6.07, 6.45) is 0. The van der Waals surface area contributed by atoms with Crippen molar-refractivity contribution in [3.05, 3.63) is 17.2 Å². The van der Waals surface area contributed by atoms with Gasteiger partial charge in [0, 0.05) is 22.9 Å². The van der Waals surface area contributed by atoms with E-state index in [1.165, 1.54) is 6.07 Å². The minimum absolute atomic E-state index is 0.0411. The van der Waals surface area contributed by atoms with Gasteiger partial charge in [-0.2, -0.15) is 0 Å². The molecule has 3 heteroatoms. The SMILES string of the molecule is Cc1c(O)cc(N)c(C(C)C)c1O. The number of nitrogens with two attached hydrogens (primary N) is 1. The monoisotopic (exact) mass is 181 g/mol. The van der Waals surface area contributed by atoms with Gasteiger partial charge in [-0.1, -0.05) is 13.8 Å². The third-order valence-electron chi connectivity index (χ3n) is 2.18. The number of anilines is 1. The Morgan fingerprint density at radius 2 is 1.85 bits per heavy atom. The first-order valence-electron chi connectivity index (χ1n) is 4.26. The number of aromatic hydroxyl groups is 2. The summed E-state index contributed by atoms with van der Waals surface area (Å²) in [5, 5.41) is 19.0. The van der Waals surface area contributed by atoms with Crippen molar-refractivity contribution in [3.8, 4) is 11.5 Å². The van der Waals surface area contributed by atoms with Gasteiger partial charge < -0.3 is 15.9 Å². The van der Waals surface area contributed by atoms with Crippen LogP contribution in [-0.2, 0) is 0 Å². The van der Waals surface area contributed by atoms with Crippen LogP contribution in [-0.4, -0.2) is 10.2 Å². The lowest BCUT2D eigenvalue weighted by atomic mass is 9.97. The van der Waals surface area contributed by atoms with Crippen LogP contribution in [0.15, 0.2) is 6.07 Å². The van der Waals surface area contributed by atoms with Gasteiger partial charge in [-0.25, -0.2) is 0 Å². The van der Waals surface area contributed by atoms with E-state index in [1.54, 1.807) is 6.92 Å². The summed E-state index contributed by atoms with van der Waals surface area (Å²) in [5.74, 6) is 0.297. The Bertz CT molecular complexity index is 332. The number of phenolic OH excluding ortho intramolecular Hbond substituents is 2. The molecule has 0 aliphatic rings. The molecule has 0 radical (unpaired) electrons. The lowest BCUT2D eigenvalue weighted by Gasteiger charge is -2.14. The summed E-state index contributed by atoms with van der Waals surface area (Å²) in [6.45, 7) is 5.56. The number of phenols is 2. The zero-order valence-corrected chi connectivity index (χ0v) is 8.13. The van der Waals surface area contributed by atoms with Gasteiger partial charge in [-0.15, -0.1) is 0 Å². The topological polar surface area (TPSA) is 66.5 Å². The largest absolute Gasteiger partial charge is 0.507 e. The van der Waals surface area contributed by atoms with Crippen LogP contribution >= 0.6 is 0 Å². The Kier molecular flexibility index (Phi) is 2.36. The molecule has 4 N–H and O–H groups in total. The normalized spacial score (nSPS) is 10.8. The Hall–Kier alpha value is -1.38. The van der Waals surface area contributed by atoms with E-state index in [9.17, 15) is 10.2 Å². The lowest BCUT2D eigenvalue weighted by Crippen LogP contribution is -1.98. The van der Waals surface area contributed by atoms with Crippen molar-refractivity contribution < 1.29 is 10.2 Å². The molecule has 0 aliphatic heterocycles. The van der Waals surface area contributed by atoms with E-state index in [0.717, 1.165) is 0 Å². The maximum atomic E-state index is 9.69. The molecule has 0 amide bonds. The van der Waals surface area contributed by atoms with Gasteiger partial charge in [-0.05, 0) is 12.8 Å². The third-order valence-corrected chi connectivity index (χ3v) is 2.18. The van der Waals surface area contributed by atoms with Crippen LogP contribution in [0.25, 0.3) is 0 Å². The molecule has 0 fully saturated rings. The summed E-state index contributed by atoms with van der Waals surface area (Å²) in [4.78, 5) is 0. The van der Waals surface area contributed by atoms with E-state index >= 15 is 0 Å². The van der Waals surface area contributed by atoms with Crippen molar-refractivity contribution in [2.75, 3.05) is 5.73 Å². The smallest absolute Gasteiger partial charge is 0.127 e. The molecular formula is C10H15NO2. The predicted octanol–water partition coefficient (Wildman–Crippen LogP) is 2.11. The van der Waals surface area contributed by atoms with Gasteiger partial charge in [0.1, 0.15) is 11.5 Å². The van der Waals surface area contributed by atoms with Gasteiger partial charge in [0.15, 0.2) is 0 Å². The molecule has 72 valence electrons. The van der Waals surface area contributed by atoms with Crippen LogP contribution in [0.2, 0.25) is 0 Å². The first kappa shape index (κ1) is 9.71. The summed E-state index contributed by atoms with van der Waals surface area (Å²) < 4.78 is 0. The molecule has 13 heavy (non-hydrogen) atoms. The summed E-state index contributed by atoms with van der Waals surface area (Å²) in [6, 6.07) is 1.48. The van der Waals surface area contributed by atoms with E-state index in [4.69, 9.17) is 5.73 Å². The Balaban J connectivity index is 3.44. The molecule has 1 aromatic carbocycles. The second kappa shape index (κ2) is 3.17. The van der Waals surface area contributed by atoms with Gasteiger partial charge in [0.25, 0.3) is 0 Å². The van der Waals surface area contributed by atoms with E-state index in [2.05, 4.69) is 0 Å². The quantitative estimate of drug-likeness (QED) is 0.581. The van der Waals surface area contributed by atoms with Gasteiger partial charge in [0.2, 0.25) is 0 Å². The number of nitrogen functional groups attached to an aromatic ring is 1. The maximum Gasteiger partial charge on any atom is 0.127 e. The second-order valence-electron chi connectivity index (χ2n) is 3.53. The highest BCUT2D eigenvalue weighted by Gasteiger charge is 2.14. The molecule has 0 spiro atoms. The molecule has 1 rings (SSSR count). The minimum atomic E-state index is 0.0411. The fourth-order valence-electron chi connectivity index (χ4n) is 1.40. The average Bonchev–Trinajstić information content (AvgIpc) is 1.99. The summed E-state index contributed by atoms with van der Waals surface area (Å²) in [7, 11) is 0. The first-order valence-corrected chi connectivity index (χ1v) is 4.26. The highest BCUT2D eigenvalue weighted by molar-refractivity contribution is 5.63. The summed E-state index contributed by atoms with van der Waals surface area (Å²) >= 11 is 0. The van der Waals surface area contributed by atoms with Crippen molar-refractivity contribution >= 4 is 5.69 Å². The van der Waals surface area contributed by atoms with Crippen molar-refractivity contribution in [3.63, 3.8) is 0 Å². The van der Waals surface area contributed by atoms with Crippen molar-refractivity contribution in [2.24, 2.45) is 0 Å². The van der Waals surface area contributed by atoms with Crippen molar-refractivity contribution in [2.45, 2.75) is 26.7 Å². The van der Waals surface area contributed by atoms with Gasteiger partial charge in [0.05, 0.1) is 0 Å². The fraction of sp³-hybridized carbons (Fsp3) is 0.400. The molecule has 0 saturated heterocycles. The van der Waals surface area contributed by atoms with E-state index < -0.39 is 0 Å². The number of hydrogen-bond donors (Lipinski definition) is 3. The molecule has 0 aromatic heterocycles. The van der Waals surface area contributed by atoms with E-state index in [-0.39, 0.29) is 17.4 Å². The standard InChI is InChI=1S/C10H15NO2/c1-5(2)9-7(11)4-8(12)6(3)10(9)13/h4-5,12-13H,11H2,1-3H3. The van der Waals surface area contributed by atoms with Crippen LogP contribution in [0.5, 0.6) is 11.5 Å². The molecule has 3 nitrogen and oxygen atoms in total. The van der Waals surface area contributed by atoms with Gasteiger partial charge in [-0.3, -0.25) is 0 Å².